The van der Waals surface area contributed by atoms with Crippen molar-refractivity contribution in [2.24, 2.45) is 0 Å². The number of carbonyl (C=O) groups is 1. The van der Waals surface area contributed by atoms with E-state index >= 15 is 0 Å². The van der Waals surface area contributed by atoms with Crippen molar-refractivity contribution in [1.29, 1.82) is 5.26 Å². The number of rotatable bonds is 5. The van der Waals surface area contributed by atoms with Crippen molar-refractivity contribution in [2.45, 2.75) is 32.2 Å². The molecular weight excluding hydrogens is 218 g/mol. The highest BCUT2D eigenvalue weighted by molar-refractivity contribution is 5.67. The molecule has 17 heavy (non-hydrogen) atoms. The largest absolute Gasteiger partial charge is 0.481 e. The zero-order chi connectivity index (χ0) is 12.9. The lowest BCUT2D eigenvalue weighted by Crippen LogP contribution is -2.32. The number of hydrogen-bond donors (Lipinski definition) is 2. The lowest BCUT2D eigenvalue weighted by Gasteiger charge is -2.27. The van der Waals surface area contributed by atoms with Gasteiger partial charge in [0.05, 0.1) is 17.4 Å². The van der Waals surface area contributed by atoms with E-state index in [0.29, 0.717) is 17.7 Å². The average molecular weight is 233 g/mol. The van der Waals surface area contributed by atoms with E-state index in [2.05, 4.69) is 16.4 Å². The van der Waals surface area contributed by atoms with E-state index in [0.717, 1.165) is 0 Å². The normalized spacial score (nSPS) is 10.6. The third kappa shape index (κ3) is 4.11. The molecule has 1 aromatic heterocycles. The van der Waals surface area contributed by atoms with Gasteiger partial charge >= 0.3 is 5.97 Å². The van der Waals surface area contributed by atoms with Gasteiger partial charge in [-0.2, -0.15) is 5.26 Å². The fourth-order valence-corrected chi connectivity index (χ4v) is 1.44. The highest BCUT2D eigenvalue weighted by atomic mass is 16.4. The van der Waals surface area contributed by atoms with Gasteiger partial charge < -0.3 is 10.4 Å². The minimum atomic E-state index is -0.827. The van der Waals surface area contributed by atoms with Crippen molar-refractivity contribution < 1.29 is 9.90 Å². The first-order chi connectivity index (χ1) is 7.94. The summed E-state index contributed by atoms with van der Waals surface area (Å²) in [6.07, 6.45) is 3.68. The number of nitriles is 1. The molecule has 5 nitrogen and oxygen atoms in total. The van der Waals surface area contributed by atoms with Crippen molar-refractivity contribution in [2.75, 3.05) is 5.32 Å². The molecule has 2 N–H and O–H groups in total. The van der Waals surface area contributed by atoms with Gasteiger partial charge in [0, 0.05) is 18.2 Å². The van der Waals surface area contributed by atoms with Gasteiger partial charge in [-0.25, -0.2) is 0 Å². The quantitative estimate of drug-likeness (QED) is 0.812. The van der Waals surface area contributed by atoms with Crippen molar-refractivity contribution in [1.82, 2.24) is 4.98 Å². The lowest BCUT2D eigenvalue weighted by atomic mass is 9.97. The molecule has 0 saturated heterocycles. The van der Waals surface area contributed by atoms with Gasteiger partial charge in [0.1, 0.15) is 6.07 Å². The molecule has 0 fully saturated rings. The number of nitrogens with one attached hydrogen (secondary N) is 1. The molecule has 0 amide bonds. The zero-order valence-electron chi connectivity index (χ0n) is 9.90. The summed E-state index contributed by atoms with van der Waals surface area (Å²) in [4.78, 5) is 14.5. The molecule has 5 heteroatoms. The molecular formula is C12H15N3O2. The summed E-state index contributed by atoms with van der Waals surface area (Å²) in [7, 11) is 0. The van der Waals surface area contributed by atoms with Crippen molar-refractivity contribution >= 4 is 11.7 Å². The Hall–Kier alpha value is -2.09. The van der Waals surface area contributed by atoms with Crippen LogP contribution in [-0.4, -0.2) is 21.6 Å². The number of nitrogens with zero attached hydrogens (tertiary/aromatic N) is 2. The lowest BCUT2D eigenvalue weighted by molar-refractivity contribution is -0.137. The molecule has 0 atom stereocenters. The SMILES string of the molecule is CC(C)(CCC(=O)O)Nc1cnccc1C#N. The number of pyridine rings is 1. The molecule has 0 saturated carbocycles. The molecule has 0 spiro atoms. The zero-order valence-corrected chi connectivity index (χ0v) is 9.90. The summed E-state index contributed by atoms with van der Waals surface area (Å²) in [5, 5.41) is 20.7. The highest BCUT2D eigenvalue weighted by Crippen LogP contribution is 2.21. The topological polar surface area (TPSA) is 86.0 Å². The highest BCUT2D eigenvalue weighted by Gasteiger charge is 2.20. The molecule has 0 aliphatic rings. The number of carboxylic acid groups (broad SMARTS) is 1. The monoisotopic (exact) mass is 233 g/mol. The van der Waals surface area contributed by atoms with Crippen LogP contribution in [0.3, 0.4) is 0 Å². The first-order valence-corrected chi connectivity index (χ1v) is 5.29. The fraction of sp³-hybridized carbons (Fsp3) is 0.417. The van der Waals surface area contributed by atoms with Crippen LogP contribution in [0.25, 0.3) is 0 Å². The molecule has 1 rings (SSSR count). The van der Waals surface area contributed by atoms with Gasteiger partial charge in [-0.15, -0.1) is 0 Å². The third-order valence-corrected chi connectivity index (χ3v) is 2.38. The average Bonchev–Trinajstić information content (AvgIpc) is 2.27. The van der Waals surface area contributed by atoms with E-state index < -0.39 is 11.5 Å². The number of carboxylic acids is 1. The Bertz CT molecular complexity index is 449. The van der Waals surface area contributed by atoms with Crippen molar-refractivity contribution in [3.63, 3.8) is 0 Å². The Balaban J connectivity index is 2.76. The standard InChI is InChI=1S/C12H15N3O2/c1-12(2,5-3-11(16)17)15-10-8-14-6-4-9(10)7-13/h4,6,8,15H,3,5H2,1-2H3,(H,16,17). The van der Waals surface area contributed by atoms with Gasteiger partial charge in [0.15, 0.2) is 0 Å². The van der Waals surface area contributed by atoms with Crippen LogP contribution in [0.5, 0.6) is 0 Å². The van der Waals surface area contributed by atoms with Gasteiger partial charge in [0.2, 0.25) is 0 Å². The van der Waals surface area contributed by atoms with E-state index in [-0.39, 0.29) is 6.42 Å². The fourth-order valence-electron chi connectivity index (χ4n) is 1.44. The summed E-state index contributed by atoms with van der Waals surface area (Å²) in [5.41, 5.74) is 0.737. The molecule has 1 aromatic rings. The Kier molecular flexibility index (Phi) is 4.05. The van der Waals surface area contributed by atoms with E-state index in [9.17, 15) is 4.79 Å². The van der Waals surface area contributed by atoms with Crippen LogP contribution in [0.2, 0.25) is 0 Å². The first kappa shape index (κ1) is 13.0. The van der Waals surface area contributed by atoms with E-state index in [1.165, 1.54) is 0 Å². The van der Waals surface area contributed by atoms with Crippen LogP contribution in [-0.2, 0) is 4.79 Å². The molecule has 0 bridgehead atoms. The smallest absolute Gasteiger partial charge is 0.303 e. The summed E-state index contributed by atoms with van der Waals surface area (Å²) in [6, 6.07) is 3.68. The second kappa shape index (κ2) is 5.30. The van der Waals surface area contributed by atoms with E-state index in [4.69, 9.17) is 10.4 Å². The van der Waals surface area contributed by atoms with Crippen LogP contribution in [0, 0.1) is 11.3 Å². The Morgan fingerprint density at radius 3 is 2.94 bits per heavy atom. The van der Waals surface area contributed by atoms with Gasteiger partial charge in [0.25, 0.3) is 0 Å². The maximum atomic E-state index is 10.5. The summed E-state index contributed by atoms with van der Waals surface area (Å²) in [6.45, 7) is 3.79. The van der Waals surface area contributed by atoms with Crippen LogP contribution in [0.15, 0.2) is 18.5 Å². The Morgan fingerprint density at radius 2 is 2.35 bits per heavy atom. The number of hydrogen-bond acceptors (Lipinski definition) is 4. The second-order valence-electron chi connectivity index (χ2n) is 4.44. The molecule has 0 aromatic carbocycles. The Labute approximate surface area is 100 Å². The third-order valence-electron chi connectivity index (χ3n) is 2.38. The molecule has 1 heterocycles. The van der Waals surface area contributed by atoms with Crippen LogP contribution in [0.4, 0.5) is 5.69 Å². The minimum absolute atomic E-state index is 0.0855. The maximum absolute atomic E-state index is 10.5. The van der Waals surface area contributed by atoms with Gasteiger partial charge in [-0.3, -0.25) is 9.78 Å². The summed E-state index contributed by atoms with van der Waals surface area (Å²) in [5.74, 6) is -0.827. The number of anilines is 1. The minimum Gasteiger partial charge on any atom is -0.481 e. The molecule has 0 aliphatic carbocycles. The van der Waals surface area contributed by atoms with Crippen LogP contribution >= 0.6 is 0 Å². The molecule has 0 radical (unpaired) electrons. The molecule has 90 valence electrons. The van der Waals surface area contributed by atoms with Crippen LogP contribution < -0.4 is 5.32 Å². The first-order valence-electron chi connectivity index (χ1n) is 5.29. The predicted molar refractivity (Wildman–Crippen MR) is 63.5 cm³/mol. The predicted octanol–water partition coefficient (Wildman–Crippen LogP) is 2.01. The number of aliphatic carboxylic acids is 1. The van der Waals surface area contributed by atoms with Crippen molar-refractivity contribution in [3.05, 3.63) is 24.0 Å². The van der Waals surface area contributed by atoms with Gasteiger partial charge in [-0.1, -0.05) is 0 Å². The van der Waals surface area contributed by atoms with E-state index in [1.807, 2.05) is 13.8 Å². The molecule has 0 aliphatic heterocycles. The molecule has 0 unspecified atom stereocenters. The maximum Gasteiger partial charge on any atom is 0.303 e. The van der Waals surface area contributed by atoms with Crippen molar-refractivity contribution in [3.8, 4) is 6.07 Å². The Morgan fingerprint density at radius 1 is 1.65 bits per heavy atom. The van der Waals surface area contributed by atoms with Crippen LogP contribution in [0.1, 0.15) is 32.3 Å². The van der Waals surface area contributed by atoms with E-state index in [1.54, 1.807) is 18.5 Å². The second-order valence-corrected chi connectivity index (χ2v) is 4.44. The van der Waals surface area contributed by atoms with Gasteiger partial charge in [-0.05, 0) is 26.3 Å². The summed E-state index contributed by atoms with van der Waals surface area (Å²) < 4.78 is 0. The summed E-state index contributed by atoms with van der Waals surface area (Å²) >= 11 is 0. The number of aromatic nitrogens is 1.